The van der Waals surface area contributed by atoms with Crippen molar-refractivity contribution in [1.29, 1.82) is 0 Å². The van der Waals surface area contributed by atoms with Crippen LogP contribution in [0.1, 0.15) is 36.6 Å². The maximum absolute atomic E-state index is 6.06. The summed E-state index contributed by atoms with van der Waals surface area (Å²) in [6.45, 7) is 6.96. The maximum Gasteiger partial charge on any atom is 0.0473 e. The van der Waals surface area contributed by atoms with E-state index in [2.05, 4.69) is 73.3 Å². The molecule has 0 saturated carbocycles. The Hall–Kier alpha value is -1.64. The van der Waals surface area contributed by atoms with Crippen molar-refractivity contribution < 1.29 is 0 Å². The van der Waals surface area contributed by atoms with Crippen LogP contribution in [0.5, 0.6) is 0 Å². The van der Waals surface area contributed by atoms with Crippen LogP contribution in [0.15, 0.2) is 54.6 Å². The molecule has 0 bridgehead atoms. The van der Waals surface area contributed by atoms with Crippen molar-refractivity contribution in [3.8, 4) is 0 Å². The summed E-state index contributed by atoms with van der Waals surface area (Å²) in [5.41, 5.74) is 10.1. The van der Waals surface area contributed by atoms with Gasteiger partial charge in [-0.3, -0.25) is 4.90 Å². The Morgan fingerprint density at radius 1 is 0.905 bits per heavy atom. The average molecular weight is 282 g/mol. The lowest BCUT2D eigenvalue weighted by molar-refractivity contribution is 0.203. The number of hydrogen-bond donors (Lipinski definition) is 1. The largest absolute Gasteiger partial charge is 0.329 e. The van der Waals surface area contributed by atoms with Gasteiger partial charge in [0.15, 0.2) is 0 Å². The molecule has 0 saturated heterocycles. The molecule has 1 unspecified atom stereocenters. The van der Waals surface area contributed by atoms with E-state index in [9.17, 15) is 0 Å². The number of nitrogens with two attached hydrogens (primary N) is 1. The molecule has 0 fully saturated rings. The molecule has 1 atom stereocenters. The highest BCUT2D eigenvalue weighted by atomic mass is 15.2. The van der Waals surface area contributed by atoms with Crippen molar-refractivity contribution in [2.24, 2.45) is 5.73 Å². The molecule has 0 aromatic heterocycles. The first-order chi connectivity index (χ1) is 10.3. The first-order valence-corrected chi connectivity index (χ1v) is 7.85. The van der Waals surface area contributed by atoms with Crippen LogP contribution < -0.4 is 5.73 Å². The molecule has 112 valence electrons. The van der Waals surface area contributed by atoms with Gasteiger partial charge in [-0.25, -0.2) is 0 Å². The lowest BCUT2D eigenvalue weighted by Gasteiger charge is -2.30. The van der Waals surface area contributed by atoms with Crippen LogP contribution in [0.4, 0.5) is 0 Å². The van der Waals surface area contributed by atoms with Gasteiger partial charge >= 0.3 is 0 Å². The number of aryl methyl sites for hydroxylation is 1. The number of hydrogen-bond acceptors (Lipinski definition) is 2. The van der Waals surface area contributed by atoms with Crippen LogP contribution in [0.25, 0.3) is 0 Å². The number of nitrogens with zero attached hydrogens (tertiary/aromatic N) is 1. The fraction of sp³-hybridized carbons (Fsp3) is 0.368. The molecule has 2 aromatic rings. The van der Waals surface area contributed by atoms with E-state index in [1.807, 2.05) is 0 Å². The van der Waals surface area contributed by atoms with Crippen molar-refractivity contribution >= 4 is 0 Å². The van der Waals surface area contributed by atoms with Crippen LogP contribution in [0.3, 0.4) is 0 Å². The third-order valence-electron chi connectivity index (χ3n) is 4.07. The molecule has 2 rings (SSSR count). The summed E-state index contributed by atoms with van der Waals surface area (Å²) >= 11 is 0. The third-order valence-corrected chi connectivity index (χ3v) is 4.07. The zero-order valence-electron chi connectivity index (χ0n) is 13.1. The maximum atomic E-state index is 6.06. The van der Waals surface area contributed by atoms with E-state index < -0.39 is 0 Å². The third kappa shape index (κ3) is 4.16. The zero-order chi connectivity index (χ0) is 15.1. The van der Waals surface area contributed by atoms with E-state index in [1.165, 1.54) is 16.7 Å². The van der Waals surface area contributed by atoms with Gasteiger partial charge < -0.3 is 5.73 Å². The zero-order valence-corrected chi connectivity index (χ0v) is 13.1. The minimum absolute atomic E-state index is 0.279. The molecule has 21 heavy (non-hydrogen) atoms. The summed E-state index contributed by atoms with van der Waals surface area (Å²) in [5, 5.41) is 0. The van der Waals surface area contributed by atoms with E-state index in [1.54, 1.807) is 0 Å². The van der Waals surface area contributed by atoms with Gasteiger partial charge in [-0.05, 0) is 29.7 Å². The van der Waals surface area contributed by atoms with Crippen molar-refractivity contribution in [1.82, 2.24) is 4.90 Å². The molecule has 0 radical (unpaired) electrons. The molecule has 2 aromatic carbocycles. The summed E-state index contributed by atoms with van der Waals surface area (Å²) in [6, 6.07) is 19.8. The number of likely N-dealkylation sites (N-methyl/N-ethyl adjacent to an activating group) is 1. The van der Waals surface area contributed by atoms with Gasteiger partial charge in [-0.2, -0.15) is 0 Å². The standard InChI is InChI=1S/C19H26N2/c1-3-16-10-12-18(13-11-16)19(14-20)21(4-2)15-17-8-6-5-7-9-17/h5-13,19H,3-4,14-15,20H2,1-2H3. The van der Waals surface area contributed by atoms with Crippen molar-refractivity contribution in [2.75, 3.05) is 13.1 Å². The lowest BCUT2D eigenvalue weighted by atomic mass is 10.0. The van der Waals surface area contributed by atoms with E-state index in [0.29, 0.717) is 6.54 Å². The minimum Gasteiger partial charge on any atom is -0.329 e. The average Bonchev–Trinajstić information content (AvgIpc) is 2.56. The topological polar surface area (TPSA) is 29.3 Å². The van der Waals surface area contributed by atoms with Crippen LogP contribution in [-0.4, -0.2) is 18.0 Å². The summed E-state index contributed by atoms with van der Waals surface area (Å²) in [5.74, 6) is 0. The second kappa shape index (κ2) is 7.96. The molecule has 2 N–H and O–H groups in total. The summed E-state index contributed by atoms with van der Waals surface area (Å²) in [4.78, 5) is 2.44. The molecule has 0 aliphatic rings. The van der Waals surface area contributed by atoms with Crippen molar-refractivity contribution in [3.63, 3.8) is 0 Å². The highest BCUT2D eigenvalue weighted by Crippen LogP contribution is 2.22. The Morgan fingerprint density at radius 2 is 1.57 bits per heavy atom. The predicted molar refractivity (Wildman–Crippen MR) is 90.1 cm³/mol. The monoisotopic (exact) mass is 282 g/mol. The van der Waals surface area contributed by atoms with Gasteiger partial charge in [-0.15, -0.1) is 0 Å². The Bertz CT molecular complexity index is 519. The first kappa shape index (κ1) is 15.7. The SMILES string of the molecule is CCc1ccc(C(CN)N(CC)Cc2ccccc2)cc1. The fourth-order valence-corrected chi connectivity index (χ4v) is 2.73. The highest BCUT2D eigenvalue weighted by Gasteiger charge is 2.17. The molecule has 0 heterocycles. The van der Waals surface area contributed by atoms with E-state index in [0.717, 1.165) is 19.5 Å². The van der Waals surface area contributed by atoms with Crippen molar-refractivity contribution in [2.45, 2.75) is 32.9 Å². The molecule has 0 amide bonds. The Morgan fingerprint density at radius 3 is 2.10 bits per heavy atom. The number of benzene rings is 2. The summed E-state index contributed by atoms with van der Waals surface area (Å²) < 4.78 is 0. The van der Waals surface area contributed by atoms with Crippen LogP contribution >= 0.6 is 0 Å². The summed E-state index contributed by atoms with van der Waals surface area (Å²) in [7, 11) is 0. The predicted octanol–water partition coefficient (Wildman–Crippen LogP) is 3.77. The van der Waals surface area contributed by atoms with E-state index in [4.69, 9.17) is 5.73 Å². The minimum atomic E-state index is 0.279. The normalized spacial score (nSPS) is 12.6. The van der Waals surface area contributed by atoms with Gasteiger partial charge in [0.05, 0.1) is 0 Å². The van der Waals surface area contributed by atoms with Crippen LogP contribution in [-0.2, 0) is 13.0 Å². The quantitative estimate of drug-likeness (QED) is 0.837. The van der Waals surface area contributed by atoms with Gasteiger partial charge in [0, 0.05) is 19.1 Å². The van der Waals surface area contributed by atoms with Gasteiger partial charge in [0.1, 0.15) is 0 Å². The molecular formula is C19H26N2. The molecule has 0 aliphatic carbocycles. The van der Waals surface area contributed by atoms with Gasteiger partial charge in [-0.1, -0.05) is 68.4 Å². The summed E-state index contributed by atoms with van der Waals surface area (Å²) in [6.07, 6.45) is 1.08. The van der Waals surface area contributed by atoms with E-state index >= 15 is 0 Å². The highest BCUT2D eigenvalue weighted by molar-refractivity contribution is 5.26. The van der Waals surface area contributed by atoms with Gasteiger partial charge in [0.2, 0.25) is 0 Å². The Labute approximate surface area is 128 Å². The Kier molecular flexibility index (Phi) is 5.97. The van der Waals surface area contributed by atoms with E-state index in [-0.39, 0.29) is 6.04 Å². The lowest BCUT2D eigenvalue weighted by Crippen LogP contribution is -2.33. The molecule has 0 spiro atoms. The first-order valence-electron chi connectivity index (χ1n) is 7.85. The molecular weight excluding hydrogens is 256 g/mol. The molecule has 2 nitrogen and oxygen atoms in total. The van der Waals surface area contributed by atoms with Crippen molar-refractivity contribution in [3.05, 3.63) is 71.3 Å². The molecule has 2 heteroatoms. The fourth-order valence-electron chi connectivity index (χ4n) is 2.73. The second-order valence-corrected chi connectivity index (χ2v) is 5.40. The Balaban J connectivity index is 2.16. The van der Waals surface area contributed by atoms with Gasteiger partial charge in [0.25, 0.3) is 0 Å². The number of rotatable bonds is 7. The second-order valence-electron chi connectivity index (χ2n) is 5.40. The molecule has 0 aliphatic heterocycles. The van der Waals surface area contributed by atoms with Crippen LogP contribution in [0, 0.1) is 0 Å². The van der Waals surface area contributed by atoms with Crippen LogP contribution in [0.2, 0.25) is 0 Å². The smallest absolute Gasteiger partial charge is 0.0473 e.